The first-order chi connectivity index (χ1) is 38.1. The molecule has 0 spiro atoms. The second-order valence-corrected chi connectivity index (χ2v) is 17.5. The summed E-state index contributed by atoms with van der Waals surface area (Å²) < 4.78 is 81.4. The molecule has 5 heterocycles. The van der Waals surface area contributed by atoms with Crippen molar-refractivity contribution in [2.45, 2.75) is 0 Å². The van der Waals surface area contributed by atoms with Gasteiger partial charge in [-0.3, -0.25) is 9.13 Å². The number of nitrogens with zero attached hydrogens (tertiary/aromatic N) is 6. The van der Waals surface area contributed by atoms with E-state index in [0.717, 1.165) is 66.1 Å². The molecule has 6 nitrogen and oxygen atoms in total. The maximum Gasteiger partial charge on any atom is 0.237 e. The Morgan fingerprint density at radius 1 is 0.329 bits per heavy atom. The van der Waals surface area contributed by atoms with Gasteiger partial charge in [0.15, 0.2) is 0 Å². The Morgan fingerprint density at radius 2 is 0.800 bits per heavy atom. The highest BCUT2D eigenvalue weighted by Gasteiger charge is 2.26. The van der Waals surface area contributed by atoms with Crippen molar-refractivity contribution in [2.75, 3.05) is 0 Å². The quantitative estimate of drug-likeness (QED) is 0.167. The zero-order valence-electron chi connectivity index (χ0n) is 45.2. The summed E-state index contributed by atoms with van der Waals surface area (Å²) in [6, 6.07) is 62.4. The van der Waals surface area contributed by atoms with Crippen LogP contribution in [-0.4, -0.2) is 28.2 Å². The van der Waals surface area contributed by atoms with E-state index in [0.29, 0.717) is 43.8 Å². The molecule has 5 aromatic heterocycles. The highest BCUT2D eigenvalue weighted by atomic mass is 15.2. The lowest BCUT2D eigenvalue weighted by atomic mass is 9.92. The Hall–Kier alpha value is -9.52. The van der Waals surface area contributed by atoms with Crippen molar-refractivity contribution in [3.05, 3.63) is 242 Å². The van der Waals surface area contributed by atoms with Gasteiger partial charge in [0.2, 0.25) is 5.95 Å². The third kappa shape index (κ3) is 5.50. The van der Waals surface area contributed by atoms with Gasteiger partial charge in [-0.15, -0.1) is 0 Å². The van der Waals surface area contributed by atoms with E-state index >= 15 is 0 Å². The normalized spacial score (nSPS) is 13.6. The monoisotopic (exact) mass is 900 g/mol. The molecule has 0 fully saturated rings. The Labute approximate surface area is 413 Å². The van der Waals surface area contributed by atoms with Crippen molar-refractivity contribution < 1.29 is 11.0 Å². The summed E-state index contributed by atoms with van der Waals surface area (Å²) in [7, 11) is 0. The smallest absolute Gasteiger partial charge is 0.237 e. The molecular formula is C64H40N6. The van der Waals surface area contributed by atoms with Gasteiger partial charge in [0.05, 0.1) is 66.5 Å². The van der Waals surface area contributed by atoms with Crippen LogP contribution in [0.15, 0.2) is 242 Å². The fraction of sp³-hybridized carbons (Fsp3) is 0. The largest absolute Gasteiger partial charge is 0.309 e. The molecule has 10 aromatic carbocycles. The summed E-state index contributed by atoms with van der Waals surface area (Å²) in [5.41, 5.74) is 10.2. The maximum absolute atomic E-state index is 9.56. The van der Waals surface area contributed by atoms with Gasteiger partial charge in [0.1, 0.15) is 5.82 Å². The molecule has 0 aliphatic carbocycles. The molecule has 0 aliphatic rings. The van der Waals surface area contributed by atoms with Crippen molar-refractivity contribution in [2.24, 2.45) is 0 Å². The van der Waals surface area contributed by atoms with Crippen molar-refractivity contribution in [1.29, 1.82) is 0 Å². The Morgan fingerprint density at radius 3 is 1.44 bits per heavy atom. The summed E-state index contributed by atoms with van der Waals surface area (Å²) in [5, 5.41) is 5.99. The van der Waals surface area contributed by atoms with Crippen LogP contribution in [0.2, 0.25) is 0 Å². The van der Waals surface area contributed by atoms with E-state index in [1.807, 2.05) is 97.1 Å². The molecule has 0 saturated carbocycles. The lowest BCUT2D eigenvalue weighted by molar-refractivity contribution is 0.951. The fourth-order valence-corrected chi connectivity index (χ4v) is 11.0. The second kappa shape index (κ2) is 15.0. The van der Waals surface area contributed by atoms with Gasteiger partial charge in [0, 0.05) is 60.4 Å². The highest BCUT2D eigenvalue weighted by molar-refractivity contribution is 6.18. The van der Waals surface area contributed by atoms with Crippen LogP contribution >= 0.6 is 0 Å². The minimum Gasteiger partial charge on any atom is -0.309 e. The standard InChI is InChI=1S/C64H40N6/c1-2-20-41(21-3-1)67-58-37-17-10-28-50(58)62-48(29-18-38-59(62)67)49-30-19-39-60(68-52-31-11-4-22-42(52)43-23-5-12-32-53(43)68)63(49)51-40-61(69-54-33-13-6-24-44(54)45-25-7-14-34-55(45)69)66-64(65-51)70-56-35-15-8-26-46(56)47-27-9-16-36-57(47)70/h1-40H/i6D,8D,13D,15D,24D,26D,33D,35D. The number of hydrogen-bond donors (Lipinski definition) is 0. The van der Waals surface area contributed by atoms with Crippen molar-refractivity contribution in [3.63, 3.8) is 0 Å². The number of hydrogen-bond acceptors (Lipinski definition) is 2. The van der Waals surface area contributed by atoms with Crippen molar-refractivity contribution in [3.8, 4) is 45.5 Å². The van der Waals surface area contributed by atoms with Gasteiger partial charge in [-0.25, -0.2) is 4.98 Å². The van der Waals surface area contributed by atoms with E-state index < -0.39 is 12.1 Å². The first-order valence-electron chi connectivity index (χ1n) is 27.2. The molecular weight excluding hydrogens is 853 g/mol. The molecule has 0 saturated heterocycles. The zero-order chi connectivity index (χ0) is 52.8. The molecule has 0 atom stereocenters. The van der Waals surface area contributed by atoms with Crippen LogP contribution in [0.3, 0.4) is 0 Å². The highest BCUT2D eigenvalue weighted by Crippen LogP contribution is 2.46. The number of rotatable bonds is 6. The summed E-state index contributed by atoms with van der Waals surface area (Å²) in [4.78, 5) is 11.1. The number of benzene rings is 10. The van der Waals surface area contributed by atoms with E-state index in [-0.39, 0.29) is 59.1 Å². The van der Waals surface area contributed by atoms with E-state index in [4.69, 9.17) is 15.5 Å². The minimum absolute atomic E-state index is 0.0763. The predicted molar refractivity (Wildman–Crippen MR) is 290 cm³/mol. The first kappa shape index (κ1) is 31.5. The van der Waals surface area contributed by atoms with Crippen LogP contribution in [0.25, 0.3) is 133 Å². The van der Waals surface area contributed by atoms with Crippen LogP contribution in [0, 0.1) is 0 Å². The van der Waals surface area contributed by atoms with Gasteiger partial charge < -0.3 is 9.13 Å². The van der Waals surface area contributed by atoms with Gasteiger partial charge in [-0.1, -0.05) is 170 Å². The minimum atomic E-state index is -0.409. The summed E-state index contributed by atoms with van der Waals surface area (Å²) in [6.07, 6.45) is 0. The van der Waals surface area contributed by atoms with Gasteiger partial charge in [0.25, 0.3) is 0 Å². The molecule has 0 radical (unpaired) electrons. The third-order valence-corrected chi connectivity index (χ3v) is 13.9. The van der Waals surface area contributed by atoms with Gasteiger partial charge in [-0.05, 0) is 77.8 Å². The number of para-hydroxylation sites is 8. The fourth-order valence-electron chi connectivity index (χ4n) is 11.0. The average Bonchev–Trinajstić information content (AvgIpc) is 4.38. The molecule has 326 valence electrons. The van der Waals surface area contributed by atoms with E-state index in [9.17, 15) is 5.48 Å². The topological polar surface area (TPSA) is 45.5 Å². The molecule has 15 rings (SSSR count). The van der Waals surface area contributed by atoms with Crippen LogP contribution in [0.4, 0.5) is 0 Å². The summed E-state index contributed by atoms with van der Waals surface area (Å²) in [6.45, 7) is 0. The molecule has 0 N–H and O–H groups in total. The van der Waals surface area contributed by atoms with Crippen LogP contribution in [0.5, 0.6) is 0 Å². The molecule has 0 aliphatic heterocycles. The molecule has 15 aromatic rings. The molecule has 0 amide bonds. The first-order valence-corrected chi connectivity index (χ1v) is 23.2. The Balaban J connectivity index is 1.16. The average molecular weight is 901 g/mol. The van der Waals surface area contributed by atoms with Crippen LogP contribution in [-0.2, 0) is 0 Å². The van der Waals surface area contributed by atoms with Crippen LogP contribution in [0.1, 0.15) is 11.0 Å². The molecule has 6 heteroatoms. The third-order valence-electron chi connectivity index (χ3n) is 13.9. The Kier molecular flexibility index (Phi) is 6.74. The summed E-state index contributed by atoms with van der Waals surface area (Å²) in [5.74, 6) is 0.340. The van der Waals surface area contributed by atoms with Crippen LogP contribution < -0.4 is 0 Å². The SMILES string of the molecule is [2H]c1c([2H])c([2H])c2c(c1[2H])c1ccccc1n2-c1cc(-c2c(-c3cccc4c3c3ccccc3n4-c3ccccc3)cccc2-n2c3ccccc3c3ccccc32)nc(-n2c3ccccc3c3c([2H])c([2H])c([2H])c([2H])c32)n1. The van der Waals surface area contributed by atoms with Crippen molar-refractivity contribution >= 4 is 87.2 Å². The maximum atomic E-state index is 9.56. The predicted octanol–water partition coefficient (Wildman–Crippen LogP) is 16.2. The van der Waals surface area contributed by atoms with Gasteiger partial charge >= 0.3 is 0 Å². The van der Waals surface area contributed by atoms with Gasteiger partial charge in [-0.2, -0.15) is 4.98 Å². The number of fused-ring (bicyclic) bond motifs is 12. The molecule has 0 unspecified atom stereocenters. The van der Waals surface area contributed by atoms with E-state index in [2.05, 4.69) is 106 Å². The summed E-state index contributed by atoms with van der Waals surface area (Å²) >= 11 is 0. The number of aromatic nitrogens is 6. The van der Waals surface area contributed by atoms with Crippen molar-refractivity contribution in [1.82, 2.24) is 28.2 Å². The zero-order valence-corrected chi connectivity index (χ0v) is 37.2. The second-order valence-electron chi connectivity index (χ2n) is 17.5. The lowest BCUT2D eigenvalue weighted by Gasteiger charge is -2.20. The lowest BCUT2D eigenvalue weighted by Crippen LogP contribution is -2.09. The molecule has 0 bridgehead atoms. The molecule has 70 heavy (non-hydrogen) atoms. The Bertz CT molecular complexity index is 4880. The van der Waals surface area contributed by atoms with E-state index in [1.54, 1.807) is 9.13 Å². The van der Waals surface area contributed by atoms with E-state index in [1.165, 1.54) is 0 Å².